The summed E-state index contributed by atoms with van der Waals surface area (Å²) in [5, 5.41) is 8.70. The molecule has 1 N–H and O–H groups in total. The summed E-state index contributed by atoms with van der Waals surface area (Å²) in [6.45, 7) is 5.88. The van der Waals surface area contributed by atoms with Gasteiger partial charge in [0.1, 0.15) is 5.75 Å². The summed E-state index contributed by atoms with van der Waals surface area (Å²) >= 11 is 0. The van der Waals surface area contributed by atoms with Gasteiger partial charge in [-0.2, -0.15) is 0 Å². The highest BCUT2D eigenvalue weighted by molar-refractivity contribution is 5.66. The molecule has 1 rings (SSSR count). The lowest BCUT2D eigenvalue weighted by Crippen LogP contribution is -2.28. The fourth-order valence-corrected chi connectivity index (χ4v) is 2.27. The Morgan fingerprint density at radius 1 is 1.42 bits per heavy atom. The van der Waals surface area contributed by atoms with Crippen molar-refractivity contribution in [1.82, 2.24) is 4.90 Å². The van der Waals surface area contributed by atoms with Crippen LogP contribution in [-0.2, 0) is 4.79 Å². The van der Waals surface area contributed by atoms with Crippen LogP contribution in [0.2, 0.25) is 0 Å². The Bertz CT molecular complexity index is 406. The molecular formula is C15H23NO3. The molecular weight excluding hydrogens is 242 g/mol. The first-order valence-corrected chi connectivity index (χ1v) is 6.68. The second-order valence-corrected chi connectivity index (χ2v) is 4.54. The molecule has 0 bridgehead atoms. The van der Waals surface area contributed by atoms with Crippen LogP contribution >= 0.6 is 0 Å². The summed E-state index contributed by atoms with van der Waals surface area (Å²) in [6.07, 6.45) is 0.887. The van der Waals surface area contributed by atoms with E-state index in [1.165, 1.54) is 0 Å². The Balaban J connectivity index is 2.71. The summed E-state index contributed by atoms with van der Waals surface area (Å²) in [5.74, 6) is 0.146. The van der Waals surface area contributed by atoms with Crippen LogP contribution in [0.1, 0.15) is 38.3 Å². The van der Waals surface area contributed by atoms with E-state index < -0.39 is 5.97 Å². The number of methoxy groups -OCH3 is 1. The number of carbonyl (C=O) groups is 1. The highest BCUT2D eigenvalue weighted by Crippen LogP contribution is 2.28. The molecule has 0 heterocycles. The Morgan fingerprint density at radius 3 is 2.68 bits per heavy atom. The normalized spacial score (nSPS) is 12.4. The standard InChI is InChI=1S/C15H23NO3/c1-4-16(11-7-10-15(17)18)12(2)13-8-5-6-9-14(13)19-3/h5-6,8-9,12H,4,7,10-11H2,1-3H3,(H,17,18). The molecule has 0 aliphatic heterocycles. The SMILES string of the molecule is CCN(CCCC(=O)O)C(C)c1ccccc1OC. The largest absolute Gasteiger partial charge is 0.496 e. The number of para-hydroxylation sites is 1. The van der Waals surface area contributed by atoms with Gasteiger partial charge in [-0.1, -0.05) is 25.1 Å². The highest BCUT2D eigenvalue weighted by Gasteiger charge is 2.17. The molecule has 1 atom stereocenters. The van der Waals surface area contributed by atoms with Crippen molar-refractivity contribution in [1.29, 1.82) is 0 Å². The summed E-state index contributed by atoms with van der Waals surface area (Å²) in [6, 6.07) is 8.19. The zero-order chi connectivity index (χ0) is 14.3. The number of nitrogens with zero attached hydrogens (tertiary/aromatic N) is 1. The molecule has 0 amide bonds. The van der Waals surface area contributed by atoms with Crippen molar-refractivity contribution in [3.8, 4) is 5.75 Å². The van der Waals surface area contributed by atoms with E-state index in [9.17, 15) is 4.79 Å². The minimum absolute atomic E-state index is 0.217. The Kier molecular flexibility index (Phi) is 6.36. The molecule has 0 spiro atoms. The lowest BCUT2D eigenvalue weighted by atomic mass is 10.1. The van der Waals surface area contributed by atoms with Crippen LogP contribution in [0.5, 0.6) is 5.75 Å². The smallest absolute Gasteiger partial charge is 0.303 e. The monoisotopic (exact) mass is 265 g/mol. The predicted molar refractivity (Wildman–Crippen MR) is 75.5 cm³/mol. The van der Waals surface area contributed by atoms with Crippen LogP contribution in [0.15, 0.2) is 24.3 Å². The maximum absolute atomic E-state index is 10.6. The van der Waals surface area contributed by atoms with Gasteiger partial charge in [0.15, 0.2) is 0 Å². The van der Waals surface area contributed by atoms with Gasteiger partial charge in [-0.15, -0.1) is 0 Å². The van der Waals surface area contributed by atoms with E-state index in [0.717, 1.165) is 24.4 Å². The number of aliphatic carboxylic acids is 1. The fraction of sp³-hybridized carbons (Fsp3) is 0.533. The van der Waals surface area contributed by atoms with Gasteiger partial charge in [-0.25, -0.2) is 0 Å². The Labute approximate surface area is 115 Å². The molecule has 0 aromatic heterocycles. The molecule has 4 nitrogen and oxygen atoms in total. The van der Waals surface area contributed by atoms with Crippen molar-refractivity contribution in [3.05, 3.63) is 29.8 Å². The molecule has 106 valence electrons. The van der Waals surface area contributed by atoms with Gasteiger partial charge in [-0.3, -0.25) is 9.69 Å². The van der Waals surface area contributed by atoms with Crippen LogP contribution in [-0.4, -0.2) is 36.2 Å². The number of ether oxygens (including phenoxy) is 1. The van der Waals surface area contributed by atoms with Crippen LogP contribution in [0, 0.1) is 0 Å². The topological polar surface area (TPSA) is 49.8 Å². The van der Waals surface area contributed by atoms with Gasteiger partial charge in [0.05, 0.1) is 7.11 Å². The van der Waals surface area contributed by atoms with E-state index in [4.69, 9.17) is 9.84 Å². The first kappa shape index (κ1) is 15.5. The minimum atomic E-state index is -0.735. The van der Waals surface area contributed by atoms with E-state index >= 15 is 0 Å². The summed E-state index contributed by atoms with van der Waals surface area (Å²) in [5.41, 5.74) is 1.14. The molecule has 0 aliphatic rings. The quantitative estimate of drug-likeness (QED) is 0.785. The summed E-state index contributed by atoms with van der Waals surface area (Å²) in [7, 11) is 1.67. The van der Waals surface area contributed by atoms with E-state index in [1.807, 2.05) is 18.2 Å². The van der Waals surface area contributed by atoms with E-state index in [-0.39, 0.29) is 12.5 Å². The van der Waals surface area contributed by atoms with Crippen molar-refractivity contribution in [2.45, 2.75) is 32.7 Å². The number of rotatable bonds is 8. The van der Waals surface area contributed by atoms with Crippen LogP contribution in [0.4, 0.5) is 0 Å². The van der Waals surface area contributed by atoms with Crippen molar-refractivity contribution < 1.29 is 14.6 Å². The third-order valence-corrected chi connectivity index (χ3v) is 3.38. The van der Waals surface area contributed by atoms with Crippen molar-refractivity contribution >= 4 is 5.97 Å². The zero-order valence-electron chi connectivity index (χ0n) is 11.9. The number of hydrogen-bond acceptors (Lipinski definition) is 3. The highest BCUT2D eigenvalue weighted by atomic mass is 16.5. The molecule has 0 saturated carbocycles. The maximum Gasteiger partial charge on any atom is 0.303 e. The second kappa shape index (κ2) is 7.79. The first-order chi connectivity index (χ1) is 9.10. The molecule has 1 aromatic carbocycles. The molecule has 0 saturated heterocycles. The minimum Gasteiger partial charge on any atom is -0.496 e. The Hall–Kier alpha value is -1.55. The predicted octanol–water partition coefficient (Wildman–Crippen LogP) is 2.94. The molecule has 0 aliphatic carbocycles. The van der Waals surface area contributed by atoms with Crippen molar-refractivity contribution in [2.24, 2.45) is 0 Å². The Morgan fingerprint density at radius 2 is 2.11 bits per heavy atom. The van der Waals surface area contributed by atoms with Crippen LogP contribution < -0.4 is 4.74 Å². The summed E-state index contributed by atoms with van der Waals surface area (Å²) in [4.78, 5) is 12.8. The lowest BCUT2D eigenvalue weighted by molar-refractivity contribution is -0.137. The van der Waals surface area contributed by atoms with Crippen molar-refractivity contribution in [3.63, 3.8) is 0 Å². The number of hydrogen-bond donors (Lipinski definition) is 1. The molecule has 0 radical (unpaired) electrons. The van der Waals surface area contributed by atoms with Crippen LogP contribution in [0.3, 0.4) is 0 Å². The average Bonchev–Trinajstić information content (AvgIpc) is 2.42. The van der Waals surface area contributed by atoms with Gasteiger partial charge in [0.2, 0.25) is 0 Å². The molecule has 1 unspecified atom stereocenters. The van der Waals surface area contributed by atoms with Gasteiger partial charge in [-0.05, 0) is 32.5 Å². The maximum atomic E-state index is 10.6. The second-order valence-electron chi connectivity index (χ2n) is 4.54. The average molecular weight is 265 g/mol. The van der Waals surface area contributed by atoms with E-state index in [2.05, 4.69) is 24.8 Å². The summed E-state index contributed by atoms with van der Waals surface area (Å²) < 4.78 is 5.38. The molecule has 4 heteroatoms. The van der Waals surface area contributed by atoms with E-state index in [0.29, 0.717) is 6.42 Å². The number of benzene rings is 1. The molecule has 1 aromatic rings. The molecule has 19 heavy (non-hydrogen) atoms. The number of carboxylic acid groups (broad SMARTS) is 1. The third kappa shape index (κ3) is 4.56. The van der Waals surface area contributed by atoms with Gasteiger partial charge < -0.3 is 9.84 Å². The fourth-order valence-electron chi connectivity index (χ4n) is 2.27. The molecule has 0 fully saturated rings. The van der Waals surface area contributed by atoms with Gasteiger partial charge in [0, 0.05) is 18.0 Å². The lowest BCUT2D eigenvalue weighted by Gasteiger charge is -2.29. The third-order valence-electron chi connectivity index (χ3n) is 3.38. The van der Waals surface area contributed by atoms with Crippen molar-refractivity contribution in [2.75, 3.05) is 20.2 Å². The van der Waals surface area contributed by atoms with Gasteiger partial charge >= 0.3 is 5.97 Å². The van der Waals surface area contributed by atoms with Crippen LogP contribution in [0.25, 0.3) is 0 Å². The van der Waals surface area contributed by atoms with Gasteiger partial charge in [0.25, 0.3) is 0 Å². The number of carboxylic acids is 1. The van der Waals surface area contributed by atoms with E-state index in [1.54, 1.807) is 7.11 Å². The zero-order valence-corrected chi connectivity index (χ0v) is 11.9. The first-order valence-electron chi connectivity index (χ1n) is 6.68.